The molecule has 0 unspecified atom stereocenters. The first-order chi connectivity index (χ1) is 14.3. The van der Waals surface area contributed by atoms with Crippen LogP contribution in [0.5, 0.6) is 5.75 Å². The van der Waals surface area contributed by atoms with Crippen molar-refractivity contribution in [1.29, 1.82) is 0 Å². The molecule has 1 atom stereocenters. The molecule has 4 aromatic rings. The van der Waals surface area contributed by atoms with Gasteiger partial charge in [-0.25, -0.2) is 9.97 Å². The summed E-state index contributed by atoms with van der Waals surface area (Å²) in [4.78, 5) is 15.8. The Morgan fingerprint density at radius 3 is 2.69 bits per heavy atom. The molecule has 4 heterocycles. The van der Waals surface area contributed by atoms with Gasteiger partial charge in [0.05, 0.1) is 19.0 Å². The van der Waals surface area contributed by atoms with E-state index < -0.39 is 0 Å². The first-order valence-corrected chi connectivity index (χ1v) is 9.67. The fourth-order valence-corrected chi connectivity index (χ4v) is 3.81. The van der Waals surface area contributed by atoms with E-state index >= 15 is 0 Å². The molecular weight excluding hydrogens is 366 g/mol. The number of methoxy groups -OCH3 is 1. The molecule has 0 N–H and O–H groups in total. The molecule has 0 radical (unpaired) electrons. The lowest BCUT2D eigenvalue weighted by atomic mass is 10.0. The van der Waals surface area contributed by atoms with Crippen LogP contribution in [-0.4, -0.2) is 50.1 Å². The van der Waals surface area contributed by atoms with Crippen molar-refractivity contribution < 1.29 is 4.74 Å². The number of hydrogen-bond donors (Lipinski definition) is 0. The number of hydrogen-bond acceptors (Lipinski definition) is 7. The molecule has 0 amide bonds. The third-order valence-electron chi connectivity index (χ3n) is 5.34. The highest BCUT2D eigenvalue weighted by Gasteiger charge is 2.24. The number of pyridine rings is 1. The fraction of sp³-hybridized carbons (Fsp3) is 0.286. The van der Waals surface area contributed by atoms with E-state index in [1.807, 2.05) is 36.7 Å². The van der Waals surface area contributed by atoms with Crippen LogP contribution in [0.3, 0.4) is 0 Å². The van der Waals surface area contributed by atoms with Gasteiger partial charge in [0.1, 0.15) is 11.6 Å². The van der Waals surface area contributed by atoms with Crippen LogP contribution in [-0.2, 0) is 6.42 Å². The minimum atomic E-state index is 0.519. The quantitative estimate of drug-likeness (QED) is 0.521. The summed E-state index contributed by atoms with van der Waals surface area (Å²) in [5, 5.41) is 8.46. The second-order valence-corrected chi connectivity index (χ2v) is 7.20. The molecule has 1 aromatic carbocycles. The highest BCUT2D eigenvalue weighted by Crippen LogP contribution is 2.25. The van der Waals surface area contributed by atoms with Gasteiger partial charge in [0, 0.05) is 37.6 Å². The Kier molecular flexibility index (Phi) is 4.51. The lowest BCUT2D eigenvalue weighted by molar-refractivity contribution is 0.414. The molecule has 0 saturated carbocycles. The molecule has 0 bridgehead atoms. The van der Waals surface area contributed by atoms with Crippen LogP contribution in [0.25, 0.3) is 16.9 Å². The van der Waals surface area contributed by atoms with Gasteiger partial charge in [-0.05, 0) is 48.7 Å². The Morgan fingerprint density at radius 1 is 1.07 bits per heavy atom. The molecule has 1 fully saturated rings. The molecule has 3 aromatic heterocycles. The number of benzene rings is 1. The zero-order chi connectivity index (χ0) is 19.6. The Labute approximate surface area is 168 Å². The van der Waals surface area contributed by atoms with Crippen molar-refractivity contribution in [3.8, 4) is 11.4 Å². The predicted molar refractivity (Wildman–Crippen MR) is 109 cm³/mol. The monoisotopic (exact) mass is 387 g/mol. The molecule has 5 rings (SSSR count). The van der Waals surface area contributed by atoms with E-state index in [9.17, 15) is 0 Å². The number of fused-ring (bicyclic) bond motifs is 1. The number of anilines is 1. The zero-order valence-electron chi connectivity index (χ0n) is 16.1. The van der Waals surface area contributed by atoms with E-state index in [4.69, 9.17) is 9.72 Å². The molecule has 146 valence electrons. The van der Waals surface area contributed by atoms with Gasteiger partial charge < -0.3 is 9.64 Å². The van der Waals surface area contributed by atoms with E-state index in [-0.39, 0.29) is 0 Å². The van der Waals surface area contributed by atoms with Gasteiger partial charge in [-0.15, -0.1) is 5.10 Å². The van der Waals surface area contributed by atoms with E-state index in [0.29, 0.717) is 11.4 Å². The maximum atomic E-state index is 5.23. The third kappa shape index (κ3) is 3.49. The fourth-order valence-electron chi connectivity index (χ4n) is 3.81. The summed E-state index contributed by atoms with van der Waals surface area (Å²) in [6.07, 6.45) is 7.41. The van der Waals surface area contributed by atoms with Gasteiger partial charge >= 0.3 is 0 Å². The molecule has 1 aliphatic heterocycles. The predicted octanol–water partition coefficient (Wildman–Crippen LogP) is 2.68. The summed E-state index contributed by atoms with van der Waals surface area (Å²) >= 11 is 0. The maximum Gasteiger partial charge on any atom is 0.187 e. The van der Waals surface area contributed by atoms with Crippen LogP contribution in [0, 0.1) is 5.92 Å². The number of rotatable bonds is 5. The summed E-state index contributed by atoms with van der Waals surface area (Å²) in [6.45, 7) is 2.05. The highest BCUT2D eigenvalue weighted by molar-refractivity contribution is 5.70. The maximum absolute atomic E-state index is 5.23. The Balaban J connectivity index is 1.36. The van der Waals surface area contributed by atoms with E-state index in [1.54, 1.807) is 18.0 Å². The standard InChI is InChI=1S/C21H21N7O/c1-29-18-4-2-17(3-5-18)28-21-19(25-26-28)13-23-20(24-21)12-15-8-11-27(14-15)16-6-9-22-10-7-16/h2-7,9-10,13,15H,8,11-12,14H2,1H3/t15-/m1/s1. The number of ether oxygens (including phenoxy) is 1. The molecule has 29 heavy (non-hydrogen) atoms. The van der Waals surface area contributed by atoms with Crippen molar-refractivity contribution in [1.82, 2.24) is 29.9 Å². The highest BCUT2D eigenvalue weighted by atomic mass is 16.5. The summed E-state index contributed by atoms with van der Waals surface area (Å²) < 4.78 is 6.98. The van der Waals surface area contributed by atoms with Crippen molar-refractivity contribution >= 4 is 16.9 Å². The van der Waals surface area contributed by atoms with Crippen LogP contribution in [0.15, 0.2) is 55.0 Å². The summed E-state index contributed by atoms with van der Waals surface area (Å²) in [5.41, 5.74) is 3.53. The first kappa shape index (κ1) is 17.5. The summed E-state index contributed by atoms with van der Waals surface area (Å²) in [6, 6.07) is 11.8. The average molecular weight is 387 g/mol. The van der Waals surface area contributed by atoms with Crippen molar-refractivity contribution in [3.05, 3.63) is 60.8 Å². The van der Waals surface area contributed by atoms with Crippen molar-refractivity contribution in [2.24, 2.45) is 5.92 Å². The van der Waals surface area contributed by atoms with Crippen LogP contribution in [0.2, 0.25) is 0 Å². The minimum absolute atomic E-state index is 0.519. The topological polar surface area (TPSA) is 81.9 Å². The van der Waals surface area contributed by atoms with Gasteiger partial charge in [0.2, 0.25) is 0 Å². The molecule has 0 spiro atoms. The van der Waals surface area contributed by atoms with E-state index in [1.165, 1.54) is 5.69 Å². The van der Waals surface area contributed by atoms with Gasteiger partial charge in [-0.1, -0.05) is 5.21 Å². The first-order valence-electron chi connectivity index (χ1n) is 9.67. The molecule has 1 aliphatic rings. The van der Waals surface area contributed by atoms with Gasteiger partial charge in [-0.2, -0.15) is 4.68 Å². The van der Waals surface area contributed by atoms with Crippen molar-refractivity contribution in [2.75, 3.05) is 25.1 Å². The van der Waals surface area contributed by atoms with Gasteiger partial charge in [-0.3, -0.25) is 4.98 Å². The normalized spacial score (nSPS) is 16.4. The van der Waals surface area contributed by atoms with E-state index in [2.05, 4.69) is 37.3 Å². The Hall–Kier alpha value is -3.55. The number of aromatic nitrogens is 6. The lowest BCUT2D eigenvalue weighted by Gasteiger charge is -2.18. The van der Waals surface area contributed by atoms with E-state index in [0.717, 1.165) is 48.8 Å². The zero-order valence-corrected chi connectivity index (χ0v) is 16.1. The van der Waals surface area contributed by atoms with Crippen LogP contribution < -0.4 is 9.64 Å². The summed E-state index contributed by atoms with van der Waals surface area (Å²) in [7, 11) is 1.65. The molecular formula is C21H21N7O. The minimum Gasteiger partial charge on any atom is -0.497 e. The molecule has 8 heteroatoms. The largest absolute Gasteiger partial charge is 0.497 e. The molecule has 8 nitrogen and oxygen atoms in total. The average Bonchev–Trinajstić information content (AvgIpc) is 3.41. The Bertz CT molecular complexity index is 1110. The van der Waals surface area contributed by atoms with Crippen LogP contribution in [0.4, 0.5) is 5.69 Å². The molecule has 0 aliphatic carbocycles. The van der Waals surface area contributed by atoms with Crippen LogP contribution in [0.1, 0.15) is 12.2 Å². The third-order valence-corrected chi connectivity index (χ3v) is 5.34. The van der Waals surface area contributed by atoms with Crippen molar-refractivity contribution in [3.63, 3.8) is 0 Å². The number of nitrogens with zero attached hydrogens (tertiary/aromatic N) is 7. The van der Waals surface area contributed by atoms with Gasteiger partial charge in [0.15, 0.2) is 11.2 Å². The van der Waals surface area contributed by atoms with Crippen LogP contribution >= 0.6 is 0 Å². The van der Waals surface area contributed by atoms with Gasteiger partial charge in [0.25, 0.3) is 0 Å². The Morgan fingerprint density at radius 2 is 1.90 bits per heavy atom. The second-order valence-electron chi connectivity index (χ2n) is 7.20. The summed E-state index contributed by atoms with van der Waals surface area (Å²) in [5.74, 6) is 2.15. The molecule has 1 saturated heterocycles. The van der Waals surface area contributed by atoms with Crippen molar-refractivity contribution in [2.45, 2.75) is 12.8 Å². The smallest absolute Gasteiger partial charge is 0.187 e. The SMILES string of the molecule is COc1ccc(-n2nnc3cnc(C[C@H]4CCN(c5ccncc5)C4)nc32)cc1. The second kappa shape index (κ2) is 7.46. The lowest BCUT2D eigenvalue weighted by Crippen LogP contribution is -2.20.